The van der Waals surface area contributed by atoms with Crippen LogP contribution in [-0.4, -0.2) is 11.8 Å². The van der Waals surface area contributed by atoms with E-state index in [1.54, 1.807) is 0 Å². The molecule has 0 fully saturated rings. The summed E-state index contributed by atoms with van der Waals surface area (Å²) in [4.78, 5) is 0. The Bertz CT molecular complexity index is 1840. The molecule has 4 heteroatoms. The molecule has 50 heavy (non-hydrogen) atoms. The van der Waals surface area contributed by atoms with E-state index in [1.807, 2.05) is 161 Å². The lowest BCUT2D eigenvalue weighted by molar-refractivity contribution is 0.505. The van der Waals surface area contributed by atoms with E-state index in [-0.39, 0.29) is 11.8 Å². The Morgan fingerprint density at radius 3 is 0.820 bits per heavy atom. The van der Waals surface area contributed by atoms with Crippen molar-refractivity contribution in [2.24, 2.45) is 0 Å². The zero-order valence-electron chi connectivity index (χ0n) is 29.2. The third-order valence-corrected chi connectivity index (χ3v) is 7.71. The predicted octanol–water partition coefficient (Wildman–Crippen LogP) is 12.8. The van der Waals surface area contributed by atoms with E-state index in [0.717, 1.165) is 44.5 Å². The first-order chi connectivity index (χ1) is 24.4. The van der Waals surface area contributed by atoms with Gasteiger partial charge < -0.3 is 9.47 Å². The standard InChI is InChI=1S/C42H32N2O2.2C2H6/c1-29(31-13-17-35(18-14-31)33-9-5-3-6-10-33)45-42(44)40-27-23-38(24-28-40)37-19-15-32(16-20-37)30(2)46-41(43)39-25-21-36(22-26-39)34-11-7-4-8-12-34;2*1-2/h3-28,43-44H,1-2H2;2*1-2H3. The Balaban J connectivity index is 0.00000136. The van der Waals surface area contributed by atoms with Gasteiger partial charge in [-0.2, -0.15) is 0 Å². The average Bonchev–Trinajstić information content (AvgIpc) is 3.20. The summed E-state index contributed by atoms with van der Waals surface area (Å²) in [7, 11) is 0. The Labute approximate surface area is 297 Å². The number of hydrogen-bond donors (Lipinski definition) is 2. The number of nitrogens with one attached hydrogen (secondary N) is 2. The lowest BCUT2D eigenvalue weighted by Gasteiger charge is -2.12. The molecule has 0 amide bonds. The Morgan fingerprint density at radius 2 is 0.560 bits per heavy atom. The first-order valence-corrected chi connectivity index (χ1v) is 16.9. The van der Waals surface area contributed by atoms with Crippen LogP contribution in [0.4, 0.5) is 0 Å². The molecule has 4 nitrogen and oxygen atoms in total. The molecule has 0 radical (unpaired) electrons. The Hall–Kier alpha value is -6.26. The van der Waals surface area contributed by atoms with Crippen molar-refractivity contribution in [2.45, 2.75) is 27.7 Å². The van der Waals surface area contributed by atoms with Gasteiger partial charge in [0.2, 0.25) is 11.8 Å². The van der Waals surface area contributed by atoms with Gasteiger partial charge in [0.1, 0.15) is 11.5 Å². The van der Waals surface area contributed by atoms with Crippen LogP contribution < -0.4 is 0 Å². The SMILES string of the molecule is C=C(OC(=N)c1ccc(-c2ccccc2)cc1)c1ccc(-c2ccc(C(=N)OC(=C)c3ccc(-c4ccccc4)cc3)cc2)cc1.CC.CC. The molecule has 0 bridgehead atoms. The maximum absolute atomic E-state index is 8.48. The lowest BCUT2D eigenvalue weighted by Crippen LogP contribution is -2.04. The summed E-state index contributed by atoms with van der Waals surface area (Å²) < 4.78 is 11.6. The third kappa shape index (κ3) is 9.42. The van der Waals surface area contributed by atoms with E-state index in [9.17, 15) is 0 Å². The second-order valence-electron chi connectivity index (χ2n) is 10.8. The Morgan fingerprint density at radius 1 is 0.340 bits per heavy atom. The maximum atomic E-state index is 8.48. The summed E-state index contributed by atoms with van der Waals surface area (Å²) in [6.45, 7) is 16.1. The van der Waals surface area contributed by atoms with Crippen LogP contribution in [0.5, 0.6) is 0 Å². The van der Waals surface area contributed by atoms with E-state index < -0.39 is 0 Å². The molecule has 0 saturated heterocycles. The van der Waals surface area contributed by atoms with E-state index in [1.165, 1.54) is 0 Å². The molecular formula is C46H44N2O2. The zero-order valence-corrected chi connectivity index (χ0v) is 29.2. The molecule has 0 aliphatic rings. The van der Waals surface area contributed by atoms with Crippen molar-refractivity contribution >= 4 is 23.3 Å². The fraction of sp³-hybridized carbons (Fsp3) is 0.0870. The highest BCUT2D eigenvalue weighted by Gasteiger charge is 2.11. The molecule has 6 rings (SSSR count). The molecular weight excluding hydrogens is 613 g/mol. The number of benzene rings is 6. The summed E-state index contributed by atoms with van der Waals surface area (Å²) in [6, 6.07) is 51.5. The lowest BCUT2D eigenvalue weighted by atomic mass is 10.0. The maximum Gasteiger partial charge on any atom is 0.219 e. The monoisotopic (exact) mass is 656 g/mol. The summed E-state index contributed by atoms with van der Waals surface area (Å²) >= 11 is 0. The van der Waals surface area contributed by atoms with Gasteiger partial charge in [-0.1, -0.05) is 174 Å². The second-order valence-corrected chi connectivity index (χ2v) is 10.8. The molecule has 0 saturated carbocycles. The minimum Gasteiger partial charge on any atom is -0.439 e. The molecule has 0 unspecified atom stereocenters. The molecule has 2 N–H and O–H groups in total. The second kappa shape index (κ2) is 18.3. The third-order valence-electron chi connectivity index (χ3n) is 7.71. The van der Waals surface area contributed by atoms with Gasteiger partial charge in [-0.3, -0.25) is 10.8 Å². The fourth-order valence-electron chi connectivity index (χ4n) is 5.07. The van der Waals surface area contributed by atoms with Gasteiger partial charge >= 0.3 is 0 Å². The van der Waals surface area contributed by atoms with Crippen LogP contribution in [0.3, 0.4) is 0 Å². The van der Waals surface area contributed by atoms with Gasteiger partial charge in [-0.15, -0.1) is 0 Å². The molecule has 250 valence electrons. The van der Waals surface area contributed by atoms with E-state index >= 15 is 0 Å². The highest BCUT2D eigenvalue weighted by Crippen LogP contribution is 2.26. The largest absolute Gasteiger partial charge is 0.439 e. The molecule has 0 aromatic heterocycles. The van der Waals surface area contributed by atoms with Gasteiger partial charge in [0.15, 0.2) is 0 Å². The van der Waals surface area contributed by atoms with Crippen molar-refractivity contribution in [3.05, 3.63) is 193 Å². The van der Waals surface area contributed by atoms with Gasteiger partial charge in [0.25, 0.3) is 0 Å². The topological polar surface area (TPSA) is 66.2 Å². The van der Waals surface area contributed by atoms with Gasteiger partial charge in [-0.05, 0) is 57.6 Å². The fourth-order valence-corrected chi connectivity index (χ4v) is 5.07. The summed E-state index contributed by atoms with van der Waals surface area (Å²) in [5, 5.41) is 16.9. The van der Waals surface area contributed by atoms with Crippen LogP contribution in [0, 0.1) is 10.8 Å². The van der Waals surface area contributed by atoms with Crippen LogP contribution in [-0.2, 0) is 9.47 Å². The van der Waals surface area contributed by atoms with Gasteiger partial charge in [-0.25, -0.2) is 0 Å². The van der Waals surface area contributed by atoms with Crippen molar-refractivity contribution in [1.82, 2.24) is 0 Å². The van der Waals surface area contributed by atoms with E-state index in [4.69, 9.17) is 20.3 Å². The van der Waals surface area contributed by atoms with Crippen molar-refractivity contribution in [3.63, 3.8) is 0 Å². The molecule has 0 heterocycles. The van der Waals surface area contributed by atoms with Crippen LogP contribution in [0.2, 0.25) is 0 Å². The van der Waals surface area contributed by atoms with Crippen molar-refractivity contribution in [1.29, 1.82) is 10.8 Å². The average molecular weight is 657 g/mol. The van der Waals surface area contributed by atoms with Crippen LogP contribution in [0.25, 0.3) is 44.9 Å². The zero-order chi connectivity index (χ0) is 35.9. The summed E-state index contributed by atoms with van der Waals surface area (Å²) in [5.41, 5.74) is 9.40. The smallest absolute Gasteiger partial charge is 0.219 e. The first-order valence-electron chi connectivity index (χ1n) is 16.9. The molecule has 0 spiro atoms. The highest BCUT2D eigenvalue weighted by molar-refractivity contribution is 5.96. The van der Waals surface area contributed by atoms with Crippen molar-refractivity contribution < 1.29 is 9.47 Å². The quantitative estimate of drug-likeness (QED) is 0.0924. The van der Waals surface area contributed by atoms with Gasteiger partial charge in [0, 0.05) is 22.3 Å². The van der Waals surface area contributed by atoms with Crippen LogP contribution in [0.15, 0.2) is 171 Å². The molecule has 6 aromatic carbocycles. The molecule has 0 atom stereocenters. The Kier molecular flexibility index (Phi) is 13.4. The summed E-state index contributed by atoms with van der Waals surface area (Å²) in [5.74, 6) is 0.897. The molecule has 6 aromatic rings. The van der Waals surface area contributed by atoms with Crippen LogP contribution >= 0.6 is 0 Å². The van der Waals surface area contributed by atoms with E-state index in [0.29, 0.717) is 22.6 Å². The van der Waals surface area contributed by atoms with Gasteiger partial charge in [0.05, 0.1) is 0 Å². The number of rotatable bonds is 9. The van der Waals surface area contributed by atoms with Crippen molar-refractivity contribution in [2.75, 3.05) is 0 Å². The number of hydrogen-bond acceptors (Lipinski definition) is 4. The summed E-state index contributed by atoms with van der Waals surface area (Å²) in [6.07, 6.45) is 0. The minimum atomic E-state index is 0.0321. The van der Waals surface area contributed by atoms with Crippen LogP contribution in [0.1, 0.15) is 49.9 Å². The highest BCUT2D eigenvalue weighted by atomic mass is 16.5. The molecule has 0 aliphatic carbocycles. The minimum absolute atomic E-state index is 0.0321. The number of ether oxygens (including phenoxy) is 2. The molecule has 0 aliphatic heterocycles. The van der Waals surface area contributed by atoms with Crippen molar-refractivity contribution in [3.8, 4) is 33.4 Å². The first kappa shape index (κ1) is 36.6. The predicted molar refractivity (Wildman–Crippen MR) is 212 cm³/mol. The normalized spacial score (nSPS) is 9.92. The van der Waals surface area contributed by atoms with E-state index in [2.05, 4.69) is 37.4 Å².